The number of aliphatic carboxylic acids is 1. The van der Waals surface area contributed by atoms with E-state index in [0.717, 1.165) is 29.6 Å². The summed E-state index contributed by atoms with van der Waals surface area (Å²) >= 11 is 0. The fraction of sp³-hybridized carbons (Fsp3) is 0.438. The molecule has 0 amide bonds. The number of carbonyl (C=O) groups is 1. The molecular formula is C16H19N3O2. The van der Waals surface area contributed by atoms with Gasteiger partial charge in [0.15, 0.2) is 0 Å². The summed E-state index contributed by atoms with van der Waals surface area (Å²) in [6.07, 6.45) is 3.39. The van der Waals surface area contributed by atoms with Gasteiger partial charge >= 0.3 is 5.97 Å². The smallest absolute Gasteiger partial charge is 0.326 e. The van der Waals surface area contributed by atoms with E-state index >= 15 is 0 Å². The normalized spacial score (nSPS) is 21.4. The number of hydrogen-bond donors (Lipinski definition) is 1. The van der Waals surface area contributed by atoms with Gasteiger partial charge in [-0.15, -0.1) is 0 Å². The van der Waals surface area contributed by atoms with Gasteiger partial charge in [-0.05, 0) is 30.4 Å². The summed E-state index contributed by atoms with van der Waals surface area (Å²) in [5, 5.41) is 10.6. The van der Waals surface area contributed by atoms with E-state index in [1.54, 1.807) is 0 Å². The Balaban J connectivity index is 2.14. The summed E-state index contributed by atoms with van der Waals surface area (Å²) in [7, 11) is 0. The average molecular weight is 285 g/mol. The van der Waals surface area contributed by atoms with Crippen LogP contribution in [0.2, 0.25) is 0 Å². The van der Waals surface area contributed by atoms with Crippen molar-refractivity contribution in [2.24, 2.45) is 5.41 Å². The van der Waals surface area contributed by atoms with E-state index in [0.29, 0.717) is 6.54 Å². The first kappa shape index (κ1) is 13.8. The Morgan fingerprint density at radius 1 is 1.33 bits per heavy atom. The fourth-order valence-electron chi connectivity index (χ4n) is 3.31. The third-order valence-corrected chi connectivity index (χ3v) is 4.30. The highest BCUT2D eigenvalue weighted by atomic mass is 16.4. The van der Waals surface area contributed by atoms with E-state index in [1.165, 1.54) is 6.33 Å². The van der Waals surface area contributed by atoms with Crippen LogP contribution in [0.25, 0.3) is 10.9 Å². The van der Waals surface area contributed by atoms with Crippen molar-refractivity contribution in [3.8, 4) is 0 Å². The van der Waals surface area contributed by atoms with Gasteiger partial charge in [0.25, 0.3) is 0 Å². The molecule has 1 aliphatic heterocycles. The van der Waals surface area contributed by atoms with Gasteiger partial charge in [0, 0.05) is 11.9 Å². The Kier molecular flexibility index (Phi) is 3.27. The van der Waals surface area contributed by atoms with Gasteiger partial charge in [0.05, 0.1) is 5.52 Å². The quantitative estimate of drug-likeness (QED) is 0.919. The second-order valence-corrected chi connectivity index (χ2v) is 6.24. The number of hydrogen-bond acceptors (Lipinski definition) is 4. The van der Waals surface area contributed by atoms with Gasteiger partial charge in [-0.2, -0.15) is 0 Å². The lowest BCUT2D eigenvalue weighted by molar-refractivity contribution is -0.142. The molecule has 2 aromatic rings. The Bertz CT molecular complexity index is 679. The molecule has 21 heavy (non-hydrogen) atoms. The first-order valence-corrected chi connectivity index (χ1v) is 7.20. The molecule has 2 heterocycles. The average Bonchev–Trinajstić information content (AvgIpc) is 2.45. The van der Waals surface area contributed by atoms with E-state index in [1.807, 2.05) is 43.0 Å². The molecule has 1 unspecified atom stereocenters. The number of nitrogens with zero attached hydrogens (tertiary/aromatic N) is 3. The zero-order valence-corrected chi connectivity index (χ0v) is 12.3. The molecule has 1 fully saturated rings. The number of carboxylic acids is 1. The van der Waals surface area contributed by atoms with Crippen molar-refractivity contribution in [1.29, 1.82) is 0 Å². The largest absolute Gasteiger partial charge is 0.480 e. The van der Waals surface area contributed by atoms with Crippen LogP contribution in [0.3, 0.4) is 0 Å². The molecule has 0 aliphatic carbocycles. The lowest BCUT2D eigenvalue weighted by atomic mass is 9.76. The molecule has 1 atom stereocenters. The molecule has 0 spiro atoms. The van der Waals surface area contributed by atoms with Crippen molar-refractivity contribution in [2.45, 2.75) is 32.7 Å². The predicted molar refractivity (Wildman–Crippen MR) is 81.3 cm³/mol. The van der Waals surface area contributed by atoms with E-state index in [4.69, 9.17) is 0 Å². The van der Waals surface area contributed by atoms with Crippen LogP contribution in [0.15, 0.2) is 30.6 Å². The second-order valence-electron chi connectivity index (χ2n) is 6.24. The number of para-hydroxylation sites is 1. The molecule has 1 aromatic carbocycles. The van der Waals surface area contributed by atoms with Crippen molar-refractivity contribution in [1.82, 2.24) is 9.97 Å². The van der Waals surface area contributed by atoms with Crippen molar-refractivity contribution >= 4 is 22.7 Å². The molecule has 5 nitrogen and oxygen atoms in total. The Morgan fingerprint density at radius 3 is 2.86 bits per heavy atom. The van der Waals surface area contributed by atoms with Crippen LogP contribution in [0.5, 0.6) is 0 Å². The number of piperidine rings is 1. The molecule has 1 aromatic heterocycles. The molecular weight excluding hydrogens is 266 g/mol. The lowest BCUT2D eigenvalue weighted by Crippen LogP contribution is -2.54. The summed E-state index contributed by atoms with van der Waals surface area (Å²) < 4.78 is 0. The topological polar surface area (TPSA) is 66.3 Å². The molecule has 3 rings (SSSR count). The highest BCUT2D eigenvalue weighted by Gasteiger charge is 2.43. The van der Waals surface area contributed by atoms with Crippen molar-refractivity contribution in [2.75, 3.05) is 11.4 Å². The maximum atomic E-state index is 11.8. The lowest BCUT2D eigenvalue weighted by Gasteiger charge is -2.44. The number of fused-ring (bicyclic) bond motifs is 1. The summed E-state index contributed by atoms with van der Waals surface area (Å²) in [6.45, 7) is 4.74. The molecule has 5 heteroatoms. The van der Waals surface area contributed by atoms with E-state index < -0.39 is 12.0 Å². The zero-order valence-electron chi connectivity index (χ0n) is 12.3. The van der Waals surface area contributed by atoms with Crippen LogP contribution in [0, 0.1) is 5.41 Å². The Hall–Kier alpha value is -2.17. The maximum Gasteiger partial charge on any atom is 0.326 e. The highest BCUT2D eigenvalue weighted by molar-refractivity contribution is 5.91. The van der Waals surface area contributed by atoms with Crippen LogP contribution >= 0.6 is 0 Å². The number of benzene rings is 1. The van der Waals surface area contributed by atoms with Crippen LogP contribution in [0.4, 0.5) is 5.82 Å². The predicted octanol–water partition coefficient (Wildman–Crippen LogP) is 2.71. The van der Waals surface area contributed by atoms with E-state index in [-0.39, 0.29) is 5.41 Å². The molecule has 0 saturated carbocycles. The van der Waals surface area contributed by atoms with Gasteiger partial charge in [-0.25, -0.2) is 14.8 Å². The van der Waals surface area contributed by atoms with E-state index in [9.17, 15) is 9.90 Å². The van der Waals surface area contributed by atoms with Crippen molar-refractivity contribution in [3.63, 3.8) is 0 Å². The SMILES string of the molecule is CC1(C)CCCN(c2ncnc3ccccc23)C1C(=O)O. The van der Waals surface area contributed by atoms with Crippen LogP contribution in [0.1, 0.15) is 26.7 Å². The van der Waals surface area contributed by atoms with Gasteiger partial charge in [-0.1, -0.05) is 26.0 Å². The first-order chi connectivity index (χ1) is 10.0. The monoisotopic (exact) mass is 285 g/mol. The third kappa shape index (κ3) is 2.33. The molecule has 1 aliphatic rings. The number of carboxylic acid groups (broad SMARTS) is 1. The summed E-state index contributed by atoms with van der Waals surface area (Å²) in [5.41, 5.74) is 0.561. The summed E-state index contributed by atoms with van der Waals surface area (Å²) in [6, 6.07) is 7.16. The first-order valence-electron chi connectivity index (χ1n) is 7.20. The second kappa shape index (κ2) is 4.98. The third-order valence-electron chi connectivity index (χ3n) is 4.30. The number of anilines is 1. The van der Waals surface area contributed by atoms with Gasteiger partial charge in [0.2, 0.25) is 0 Å². The zero-order chi connectivity index (χ0) is 15.0. The van der Waals surface area contributed by atoms with E-state index in [2.05, 4.69) is 9.97 Å². The summed E-state index contributed by atoms with van der Waals surface area (Å²) in [4.78, 5) is 22.4. The van der Waals surface area contributed by atoms with Gasteiger partial charge in [0.1, 0.15) is 18.2 Å². The van der Waals surface area contributed by atoms with Gasteiger partial charge < -0.3 is 10.0 Å². The number of rotatable bonds is 2. The minimum Gasteiger partial charge on any atom is -0.480 e. The standard InChI is InChI=1S/C16H19N3O2/c1-16(2)8-5-9-19(13(16)15(20)21)14-11-6-3-4-7-12(11)17-10-18-14/h3-4,6-7,10,13H,5,8-9H2,1-2H3,(H,20,21). The van der Waals surface area contributed by atoms with Gasteiger partial charge in [-0.3, -0.25) is 0 Å². The number of aromatic nitrogens is 2. The molecule has 0 bridgehead atoms. The molecule has 1 saturated heterocycles. The van der Waals surface area contributed by atoms with Crippen LogP contribution < -0.4 is 4.90 Å². The van der Waals surface area contributed by atoms with Crippen molar-refractivity contribution < 1.29 is 9.90 Å². The summed E-state index contributed by atoms with van der Waals surface area (Å²) in [5.74, 6) is -0.0665. The van der Waals surface area contributed by atoms with Crippen molar-refractivity contribution in [3.05, 3.63) is 30.6 Å². The maximum absolute atomic E-state index is 11.8. The highest BCUT2D eigenvalue weighted by Crippen LogP contribution is 2.38. The minimum absolute atomic E-state index is 0.282. The van der Waals surface area contributed by atoms with Crippen LogP contribution in [-0.4, -0.2) is 33.6 Å². The van der Waals surface area contributed by atoms with Crippen LogP contribution in [-0.2, 0) is 4.79 Å². The minimum atomic E-state index is -0.789. The Labute approximate surface area is 123 Å². The molecule has 110 valence electrons. The fourth-order valence-corrected chi connectivity index (χ4v) is 3.31. The molecule has 1 N–H and O–H groups in total. The Morgan fingerprint density at radius 2 is 2.10 bits per heavy atom. The molecule has 0 radical (unpaired) electrons.